The number of rotatable bonds is 13. The number of fused-ring (bicyclic) bond motifs is 23. The van der Waals surface area contributed by atoms with Crippen LogP contribution in [0.1, 0.15) is 86.1 Å². The molecule has 19 aromatic carbocycles. The predicted molar refractivity (Wildman–Crippen MR) is 589 cm³/mol. The summed E-state index contributed by atoms with van der Waals surface area (Å²) < 4.78 is 19.0. The van der Waals surface area contributed by atoms with Crippen molar-refractivity contribution < 1.29 is 13.3 Å². The van der Waals surface area contributed by atoms with E-state index in [9.17, 15) is 0 Å². The van der Waals surface area contributed by atoms with E-state index in [0.717, 1.165) is 155 Å². The number of benzene rings is 19. The van der Waals surface area contributed by atoms with Gasteiger partial charge >= 0.3 is 0 Å². The Hall–Kier alpha value is -18.4. The molecule has 682 valence electrons. The molecule has 3 aliphatic rings. The van der Waals surface area contributed by atoms with Crippen molar-refractivity contribution in [2.45, 2.75) is 57.8 Å². The Morgan fingerprint density at radius 2 is 0.479 bits per heavy atom. The van der Waals surface area contributed by atoms with Crippen LogP contribution in [-0.2, 0) is 16.2 Å². The first-order valence-electron chi connectivity index (χ1n) is 48.9. The number of hydrogen-bond acceptors (Lipinski definition) is 12. The average Bonchev–Trinajstić information content (AvgIpc) is 1.55. The number of hydrogen-bond donors (Lipinski definition) is 0. The van der Waals surface area contributed by atoms with Gasteiger partial charge in [0.25, 0.3) is 0 Å². The molecule has 6 heterocycles. The fourth-order valence-corrected chi connectivity index (χ4v) is 22.8. The SMILES string of the molecule is C=Cc1cccc(-c2cccc(-c3nc(-c4ccccc4)nc(-c4cccc5c4-c4ccc6oc7ccccc7c6c4C5(C)C)n3)c2)c1C=C.CC1(C)c2cccc(-c3nc(-c4cccc5ccccc45)nc(-c4cccc5ccccc45)n3)c2-c2ccc3oc4ccccc4c3c21.CC1(C)c2cccc(-c3nc(-c4ccccc4)nc(-c4ccc(-c5ccccc5)cc4)n3)c2-c2ccc3oc4ccccc4c3c21. The summed E-state index contributed by atoms with van der Waals surface area (Å²) >= 11 is 0. The van der Waals surface area contributed by atoms with Crippen LogP contribution in [0.4, 0.5) is 0 Å². The van der Waals surface area contributed by atoms with Crippen molar-refractivity contribution in [3.8, 4) is 158 Å². The molecule has 0 saturated carbocycles. The van der Waals surface area contributed by atoms with Crippen LogP contribution in [0.15, 0.2) is 433 Å². The molecule has 0 saturated heterocycles. The Balaban J connectivity index is 0.000000110. The van der Waals surface area contributed by atoms with Gasteiger partial charge in [0.15, 0.2) is 52.4 Å². The molecule has 6 aromatic heterocycles. The van der Waals surface area contributed by atoms with E-state index < -0.39 is 0 Å². The van der Waals surface area contributed by atoms with Crippen molar-refractivity contribution in [1.82, 2.24) is 44.9 Å². The summed E-state index contributed by atoms with van der Waals surface area (Å²) in [6, 6.07) is 141. The molecule has 25 aromatic rings. The van der Waals surface area contributed by atoms with Gasteiger partial charge in [-0.1, -0.05) is 431 Å². The van der Waals surface area contributed by atoms with Gasteiger partial charge in [0.1, 0.15) is 33.5 Å². The third-order valence-corrected chi connectivity index (χ3v) is 29.5. The lowest BCUT2D eigenvalue weighted by atomic mass is 9.80. The molecule has 12 heteroatoms. The highest BCUT2D eigenvalue weighted by Crippen LogP contribution is 2.60. The summed E-state index contributed by atoms with van der Waals surface area (Å²) in [6.07, 6.45) is 3.76. The summed E-state index contributed by atoms with van der Waals surface area (Å²) in [5, 5.41) is 11.5. The maximum atomic E-state index is 6.35. The van der Waals surface area contributed by atoms with Crippen molar-refractivity contribution in [3.63, 3.8) is 0 Å². The Kier molecular flexibility index (Phi) is 20.3. The fourth-order valence-electron chi connectivity index (χ4n) is 22.8. The first-order chi connectivity index (χ1) is 70.6. The van der Waals surface area contributed by atoms with Gasteiger partial charge in [-0.15, -0.1) is 0 Å². The van der Waals surface area contributed by atoms with Gasteiger partial charge in [-0.25, -0.2) is 44.9 Å². The summed E-state index contributed by atoms with van der Waals surface area (Å²) in [5.41, 5.74) is 34.5. The van der Waals surface area contributed by atoms with E-state index in [1.54, 1.807) is 0 Å². The zero-order chi connectivity index (χ0) is 96.8. The fraction of sp³-hybridized carbons (Fsp3) is 0.0682. The maximum Gasteiger partial charge on any atom is 0.164 e. The Morgan fingerprint density at radius 1 is 0.201 bits per heavy atom. The minimum Gasteiger partial charge on any atom is -0.456 e. The van der Waals surface area contributed by atoms with E-state index in [-0.39, 0.29) is 16.2 Å². The van der Waals surface area contributed by atoms with Crippen molar-refractivity contribution in [1.29, 1.82) is 0 Å². The third-order valence-electron chi connectivity index (χ3n) is 29.5. The second-order valence-electron chi connectivity index (χ2n) is 38.9. The van der Waals surface area contributed by atoms with Crippen LogP contribution in [0.25, 0.3) is 258 Å². The summed E-state index contributed by atoms with van der Waals surface area (Å²) in [7, 11) is 0. The first kappa shape index (κ1) is 86.0. The molecule has 0 spiro atoms. The number of nitrogens with zero attached hydrogens (tertiary/aromatic N) is 9. The van der Waals surface area contributed by atoms with Gasteiger partial charge in [-0.3, -0.25) is 0 Å². The van der Waals surface area contributed by atoms with Crippen molar-refractivity contribution >= 4 is 99.5 Å². The minimum atomic E-state index is -0.276. The van der Waals surface area contributed by atoms with Crippen LogP contribution < -0.4 is 0 Å². The van der Waals surface area contributed by atoms with Crippen LogP contribution in [0.2, 0.25) is 0 Å². The molecule has 0 bridgehead atoms. The zero-order valence-corrected chi connectivity index (χ0v) is 80.0. The molecule has 144 heavy (non-hydrogen) atoms. The predicted octanol–water partition coefficient (Wildman–Crippen LogP) is 34.2. The molecule has 12 nitrogen and oxygen atoms in total. The second-order valence-corrected chi connectivity index (χ2v) is 38.9. The largest absolute Gasteiger partial charge is 0.456 e. The van der Waals surface area contributed by atoms with E-state index in [0.29, 0.717) is 52.4 Å². The van der Waals surface area contributed by atoms with Crippen molar-refractivity contribution in [2.24, 2.45) is 0 Å². The van der Waals surface area contributed by atoms with E-state index in [1.165, 1.54) is 82.9 Å². The summed E-state index contributed by atoms with van der Waals surface area (Å²) in [5.74, 6) is 5.82. The van der Waals surface area contributed by atoms with Gasteiger partial charge in [-0.05, 0) is 164 Å². The number of para-hydroxylation sites is 3. The van der Waals surface area contributed by atoms with Gasteiger partial charge in [0.05, 0.1) is 0 Å². The molecule has 0 atom stereocenters. The van der Waals surface area contributed by atoms with Crippen molar-refractivity contribution in [3.05, 3.63) is 464 Å². The number of furan rings is 3. The Labute approximate surface area is 832 Å². The molecule has 28 rings (SSSR count). The maximum absolute atomic E-state index is 6.35. The standard InChI is InChI=1S/C46H33N3O.C44H29N3O.C42H29N3O/c1-5-28-17-13-21-33(32(28)6-2)30-18-12-19-31(27-30)44-47-43(29-15-8-7-9-16-29)48-45(49-44)36-22-14-23-37-40(36)35-25-26-39-41(42(35)46(37,3)4)34-20-10-11-24-38(34)50-39;1-44(2)35-22-11-21-34(38(35)33-24-25-37-39(40(33)44)32-18-7-8-23-36(32)48-37)43-46-41(30-19-9-14-26-12-3-5-16-28(26)30)45-42(47-43)31-20-10-15-27-13-4-6-17-29(27)31;1-42(2)33-18-11-17-32(36(33)31-24-25-35-37(38(31)42)30-16-9-10-19-34(30)46-35)41-44-39(28-14-7-4-8-15-28)43-40(45-41)29-22-20-27(21-23-29)26-12-5-3-6-13-26/h5-27H,1-2H2,3-4H3;3-25H,1-2H3;3-25H,1-2H3. The van der Waals surface area contributed by atoms with E-state index in [1.807, 2.05) is 97.1 Å². The van der Waals surface area contributed by atoms with Crippen LogP contribution in [0.5, 0.6) is 0 Å². The monoisotopic (exact) mass is 1850 g/mol. The lowest BCUT2D eigenvalue weighted by Gasteiger charge is -2.22. The lowest BCUT2D eigenvalue weighted by Crippen LogP contribution is -2.15. The molecular formula is C132H91N9O3. The number of aromatic nitrogens is 9. The van der Waals surface area contributed by atoms with Gasteiger partial charge < -0.3 is 13.3 Å². The van der Waals surface area contributed by atoms with Crippen LogP contribution >= 0.6 is 0 Å². The van der Waals surface area contributed by atoms with Crippen LogP contribution in [0, 0.1) is 0 Å². The summed E-state index contributed by atoms with van der Waals surface area (Å²) in [6.45, 7) is 22.0. The van der Waals surface area contributed by atoms with Crippen LogP contribution in [0.3, 0.4) is 0 Å². The molecular weight excluding hydrogens is 1760 g/mol. The van der Waals surface area contributed by atoms with Crippen LogP contribution in [-0.4, -0.2) is 44.9 Å². The molecule has 0 unspecified atom stereocenters. The molecule has 0 N–H and O–H groups in total. The third kappa shape index (κ3) is 14.1. The second kappa shape index (κ2) is 34.0. The highest BCUT2D eigenvalue weighted by Gasteiger charge is 2.44. The minimum absolute atomic E-state index is 0.252. The topological polar surface area (TPSA) is 155 Å². The van der Waals surface area contributed by atoms with E-state index in [2.05, 4.69) is 376 Å². The Morgan fingerprint density at radius 3 is 0.882 bits per heavy atom. The van der Waals surface area contributed by atoms with E-state index in [4.69, 9.17) is 58.1 Å². The summed E-state index contributed by atoms with van der Waals surface area (Å²) in [4.78, 5) is 46.5. The van der Waals surface area contributed by atoms with E-state index >= 15 is 0 Å². The smallest absolute Gasteiger partial charge is 0.164 e. The zero-order valence-electron chi connectivity index (χ0n) is 80.0. The average molecular weight is 1850 g/mol. The van der Waals surface area contributed by atoms with Gasteiger partial charge in [-0.2, -0.15) is 0 Å². The van der Waals surface area contributed by atoms with Gasteiger partial charge in [0, 0.05) is 98.6 Å². The highest BCUT2D eigenvalue weighted by atomic mass is 16.3. The molecule has 0 aliphatic heterocycles. The van der Waals surface area contributed by atoms with Gasteiger partial charge in [0.2, 0.25) is 0 Å². The van der Waals surface area contributed by atoms with Crippen molar-refractivity contribution in [2.75, 3.05) is 0 Å². The molecule has 0 radical (unpaired) electrons. The molecule has 0 fully saturated rings. The normalized spacial score (nSPS) is 13.2. The molecule has 3 aliphatic carbocycles. The quantitative estimate of drug-likeness (QED) is 0.108. The Bertz CT molecular complexity index is 9500. The molecule has 0 amide bonds. The highest BCUT2D eigenvalue weighted by molar-refractivity contribution is 6.16. The first-order valence-corrected chi connectivity index (χ1v) is 48.9. The lowest BCUT2D eigenvalue weighted by molar-refractivity contribution is 0.657.